The Kier molecular flexibility index (Phi) is 3.49. The number of nitriles is 1. The van der Waals surface area contributed by atoms with Crippen molar-refractivity contribution in [1.29, 1.82) is 5.26 Å². The molecular weight excluding hydrogens is 256 g/mol. The summed E-state index contributed by atoms with van der Waals surface area (Å²) in [4.78, 5) is 24.6. The van der Waals surface area contributed by atoms with Crippen LogP contribution >= 0.6 is 0 Å². The molecule has 0 aromatic heterocycles. The smallest absolute Gasteiger partial charge is 0.335 e. The van der Waals surface area contributed by atoms with E-state index in [0.717, 1.165) is 11.3 Å². The number of hydrogen-bond acceptors (Lipinski definition) is 3. The van der Waals surface area contributed by atoms with Gasteiger partial charge in [-0.15, -0.1) is 0 Å². The van der Waals surface area contributed by atoms with Gasteiger partial charge in [0.15, 0.2) is 0 Å². The maximum atomic E-state index is 12.0. The Morgan fingerprint density at radius 3 is 2.80 bits per heavy atom. The van der Waals surface area contributed by atoms with Gasteiger partial charge in [-0.1, -0.05) is 0 Å². The molecular formula is C15H16N2O3. The van der Waals surface area contributed by atoms with Gasteiger partial charge >= 0.3 is 5.97 Å². The molecule has 1 aliphatic heterocycles. The highest BCUT2D eigenvalue weighted by Gasteiger charge is 2.29. The lowest BCUT2D eigenvalue weighted by molar-refractivity contribution is -0.117. The number of carboxylic acid groups (broad SMARTS) is 1. The summed E-state index contributed by atoms with van der Waals surface area (Å²) in [5.74, 6) is -1.04. The highest BCUT2D eigenvalue weighted by molar-refractivity contribution is 6.02. The van der Waals surface area contributed by atoms with Crippen molar-refractivity contribution in [2.75, 3.05) is 11.4 Å². The van der Waals surface area contributed by atoms with Crippen molar-refractivity contribution in [2.45, 2.75) is 26.7 Å². The molecule has 2 rings (SSSR count). The van der Waals surface area contributed by atoms with E-state index in [4.69, 9.17) is 10.4 Å². The predicted molar refractivity (Wildman–Crippen MR) is 73.5 cm³/mol. The molecule has 0 fully saturated rings. The van der Waals surface area contributed by atoms with Gasteiger partial charge in [0.25, 0.3) is 0 Å². The molecule has 1 aromatic rings. The molecule has 0 spiro atoms. The summed E-state index contributed by atoms with van der Waals surface area (Å²) in [5.41, 5.74) is 1.21. The maximum absolute atomic E-state index is 12.0. The Balaban J connectivity index is 2.21. The molecule has 1 aliphatic rings. The number of rotatable bonds is 4. The largest absolute Gasteiger partial charge is 0.478 e. The van der Waals surface area contributed by atoms with Crippen molar-refractivity contribution in [1.82, 2.24) is 0 Å². The minimum Gasteiger partial charge on any atom is -0.478 e. The second kappa shape index (κ2) is 4.97. The van der Waals surface area contributed by atoms with Crippen LogP contribution in [0.15, 0.2) is 18.2 Å². The fraction of sp³-hybridized carbons (Fsp3) is 0.400. The van der Waals surface area contributed by atoms with Gasteiger partial charge in [-0.2, -0.15) is 5.26 Å². The predicted octanol–water partition coefficient (Wildman–Crippen LogP) is 2.21. The minimum atomic E-state index is -0.996. The van der Waals surface area contributed by atoms with E-state index in [1.165, 1.54) is 6.07 Å². The number of amides is 1. The van der Waals surface area contributed by atoms with E-state index < -0.39 is 11.4 Å². The van der Waals surface area contributed by atoms with E-state index in [9.17, 15) is 9.59 Å². The van der Waals surface area contributed by atoms with E-state index in [1.54, 1.807) is 17.0 Å². The molecule has 0 atom stereocenters. The number of carbonyl (C=O) groups excluding carboxylic acids is 1. The average molecular weight is 272 g/mol. The van der Waals surface area contributed by atoms with Gasteiger partial charge in [0.1, 0.15) is 0 Å². The quantitative estimate of drug-likeness (QED) is 0.911. The number of fused-ring (bicyclic) bond motifs is 1. The fourth-order valence-electron chi connectivity index (χ4n) is 2.21. The number of nitrogens with zero attached hydrogens (tertiary/aromatic N) is 2. The van der Waals surface area contributed by atoms with E-state index >= 15 is 0 Å². The molecule has 1 N–H and O–H groups in total. The minimum absolute atomic E-state index is 0.0451. The van der Waals surface area contributed by atoms with E-state index in [0.29, 0.717) is 13.0 Å². The first kappa shape index (κ1) is 14.1. The Morgan fingerprint density at radius 2 is 2.20 bits per heavy atom. The lowest BCUT2D eigenvalue weighted by Gasteiger charge is -2.22. The van der Waals surface area contributed by atoms with Crippen molar-refractivity contribution in [3.8, 4) is 6.07 Å². The Bertz CT molecular complexity index is 614. The van der Waals surface area contributed by atoms with Crippen molar-refractivity contribution in [3.63, 3.8) is 0 Å². The Morgan fingerprint density at radius 1 is 1.50 bits per heavy atom. The van der Waals surface area contributed by atoms with Gasteiger partial charge < -0.3 is 10.0 Å². The van der Waals surface area contributed by atoms with Gasteiger partial charge in [-0.25, -0.2) is 4.79 Å². The summed E-state index contributed by atoms with van der Waals surface area (Å²) in [6, 6.07) is 6.93. The highest BCUT2D eigenvalue weighted by atomic mass is 16.4. The SMILES string of the molecule is CC(C)(C#N)CCN1C(=O)Cc2cc(C(=O)O)ccc21. The molecule has 1 aromatic carbocycles. The average Bonchev–Trinajstić information content (AvgIpc) is 2.71. The van der Waals surface area contributed by atoms with Crippen molar-refractivity contribution >= 4 is 17.6 Å². The van der Waals surface area contributed by atoms with Crippen LogP contribution in [0.5, 0.6) is 0 Å². The third-order valence-corrected chi connectivity index (χ3v) is 3.52. The number of hydrogen-bond donors (Lipinski definition) is 1. The third kappa shape index (κ3) is 2.64. The van der Waals surface area contributed by atoms with Crippen LogP contribution in [0.2, 0.25) is 0 Å². The van der Waals surface area contributed by atoms with Gasteiger partial charge in [0.2, 0.25) is 5.91 Å². The number of benzene rings is 1. The molecule has 104 valence electrons. The monoisotopic (exact) mass is 272 g/mol. The van der Waals surface area contributed by atoms with Gasteiger partial charge in [-0.3, -0.25) is 4.79 Å². The number of anilines is 1. The standard InChI is InChI=1S/C15H16N2O3/c1-15(2,9-16)5-6-17-12-4-3-10(14(19)20)7-11(12)8-13(17)18/h3-4,7H,5-6,8H2,1-2H3,(H,19,20). The molecule has 0 unspecified atom stereocenters. The summed E-state index contributed by atoms with van der Waals surface area (Å²) in [6.45, 7) is 4.14. The van der Waals surface area contributed by atoms with Crippen LogP contribution in [0.3, 0.4) is 0 Å². The normalized spacial score (nSPS) is 14.1. The van der Waals surface area contributed by atoms with E-state index in [1.807, 2.05) is 13.8 Å². The zero-order valence-corrected chi connectivity index (χ0v) is 11.5. The highest BCUT2D eigenvalue weighted by Crippen LogP contribution is 2.31. The van der Waals surface area contributed by atoms with Gasteiger partial charge in [0, 0.05) is 12.2 Å². The molecule has 0 radical (unpaired) electrons. The third-order valence-electron chi connectivity index (χ3n) is 3.52. The number of aromatic carboxylic acids is 1. The first-order valence-electron chi connectivity index (χ1n) is 6.42. The second-order valence-corrected chi connectivity index (χ2v) is 5.62. The van der Waals surface area contributed by atoms with Crippen molar-refractivity contribution in [2.24, 2.45) is 5.41 Å². The summed E-state index contributed by atoms with van der Waals surface area (Å²) in [7, 11) is 0. The second-order valence-electron chi connectivity index (χ2n) is 5.62. The molecule has 0 bridgehead atoms. The Labute approximate surface area is 117 Å². The van der Waals surface area contributed by atoms with Crippen LogP contribution < -0.4 is 4.90 Å². The fourth-order valence-corrected chi connectivity index (χ4v) is 2.21. The van der Waals surface area contributed by atoms with Crippen LogP contribution in [0.25, 0.3) is 0 Å². The molecule has 1 heterocycles. The molecule has 5 nitrogen and oxygen atoms in total. The van der Waals surface area contributed by atoms with Crippen molar-refractivity contribution in [3.05, 3.63) is 29.3 Å². The van der Waals surface area contributed by atoms with Gasteiger partial charge in [0.05, 0.1) is 23.5 Å². The zero-order valence-electron chi connectivity index (χ0n) is 11.5. The molecule has 5 heteroatoms. The Hall–Kier alpha value is -2.35. The van der Waals surface area contributed by atoms with Crippen LogP contribution in [-0.4, -0.2) is 23.5 Å². The molecule has 0 aliphatic carbocycles. The van der Waals surface area contributed by atoms with Gasteiger partial charge in [-0.05, 0) is 44.0 Å². The summed E-state index contributed by atoms with van der Waals surface area (Å²) >= 11 is 0. The summed E-state index contributed by atoms with van der Waals surface area (Å²) in [6.07, 6.45) is 0.804. The van der Waals surface area contributed by atoms with Crippen LogP contribution in [0.1, 0.15) is 36.2 Å². The van der Waals surface area contributed by atoms with Crippen molar-refractivity contribution < 1.29 is 14.7 Å². The molecule has 0 saturated carbocycles. The topological polar surface area (TPSA) is 81.4 Å². The lowest BCUT2D eigenvalue weighted by atomic mass is 9.91. The van der Waals surface area contributed by atoms with Crippen LogP contribution in [0, 0.1) is 16.7 Å². The molecule has 0 saturated heterocycles. The first-order valence-corrected chi connectivity index (χ1v) is 6.42. The number of carboxylic acids is 1. The molecule has 1 amide bonds. The molecule has 20 heavy (non-hydrogen) atoms. The lowest BCUT2D eigenvalue weighted by Crippen LogP contribution is -2.30. The van der Waals surface area contributed by atoms with Crippen LogP contribution in [-0.2, 0) is 11.2 Å². The van der Waals surface area contributed by atoms with E-state index in [2.05, 4.69) is 6.07 Å². The zero-order chi connectivity index (χ0) is 14.9. The van der Waals surface area contributed by atoms with Crippen LogP contribution in [0.4, 0.5) is 5.69 Å². The number of carbonyl (C=O) groups is 2. The van der Waals surface area contributed by atoms with E-state index in [-0.39, 0.29) is 17.9 Å². The summed E-state index contributed by atoms with van der Waals surface area (Å²) < 4.78 is 0. The first-order chi connectivity index (χ1) is 9.34. The maximum Gasteiger partial charge on any atom is 0.335 e. The summed E-state index contributed by atoms with van der Waals surface area (Å²) in [5, 5.41) is 18.0.